The summed E-state index contributed by atoms with van der Waals surface area (Å²) in [5, 5.41) is 0. The molecular formula is C24H26O2. The van der Waals surface area contributed by atoms with Crippen molar-refractivity contribution in [3.63, 3.8) is 0 Å². The van der Waals surface area contributed by atoms with Crippen molar-refractivity contribution in [2.75, 3.05) is 6.61 Å². The molecule has 3 aromatic carbocycles. The van der Waals surface area contributed by atoms with Crippen LogP contribution in [0.3, 0.4) is 0 Å². The first kappa shape index (κ1) is 18.2. The van der Waals surface area contributed by atoms with Gasteiger partial charge in [0.2, 0.25) is 0 Å². The van der Waals surface area contributed by atoms with E-state index in [1.807, 2.05) is 30.3 Å². The second-order valence-electron chi connectivity index (χ2n) is 6.43. The Morgan fingerprint density at radius 1 is 0.769 bits per heavy atom. The summed E-state index contributed by atoms with van der Waals surface area (Å²) >= 11 is 0. The van der Waals surface area contributed by atoms with Crippen LogP contribution in [0.15, 0.2) is 78.9 Å². The quantitative estimate of drug-likeness (QED) is 0.468. The first-order valence-corrected chi connectivity index (χ1v) is 9.25. The molecule has 0 aliphatic carbocycles. The summed E-state index contributed by atoms with van der Waals surface area (Å²) in [6.45, 7) is 5.62. The average Bonchev–Trinajstić information content (AvgIpc) is 2.72. The molecule has 3 rings (SSSR count). The Morgan fingerprint density at radius 2 is 1.38 bits per heavy atom. The molecule has 0 bridgehead atoms. The van der Waals surface area contributed by atoms with Crippen LogP contribution >= 0.6 is 0 Å². The van der Waals surface area contributed by atoms with Crippen molar-refractivity contribution in [3.8, 4) is 16.9 Å². The summed E-state index contributed by atoms with van der Waals surface area (Å²) in [4.78, 5) is 0. The molecule has 0 saturated carbocycles. The molecule has 26 heavy (non-hydrogen) atoms. The SMILES string of the molecule is CCCOC(C)c1ccc(-c2ccc(OCc3ccccc3)cc2)cc1. The zero-order chi connectivity index (χ0) is 18.2. The van der Waals surface area contributed by atoms with E-state index in [0.29, 0.717) is 6.61 Å². The summed E-state index contributed by atoms with van der Waals surface area (Å²) in [7, 11) is 0. The van der Waals surface area contributed by atoms with E-state index < -0.39 is 0 Å². The normalized spacial score (nSPS) is 11.9. The molecular weight excluding hydrogens is 320 g/mol. The first-order valence-electron chi connectivity index (χ1n) is 9.25. The Morgan fingerprint density at radius 3 is 2.00 bits per heavy atom. The largest absolute Gasteiger partial charge is 0.489 e. The molecule has 2 nitrogen and oxygen atoms in total. The van der Waals surface area contributed by atoms with Crippen molar-refractivity contribution in [2.24, 2.45) is 0 Å². The van der Waals surface area contributed by atoms with Crippen LogP contribution in [0.4, 0.5) is 0 Å². The standard InChI is InChI=1S/C24H26O2/c1-3-17-25-19(2)21-9-11-22(12-10-21)23-13-15-24(16-14-23)26-18-20-7-5-4-6-8-20/h4-16,19H,3,17-18H2,1-2H3. The van der Waals surface area contributed by atoms with Crippen molar-refractivity contribution in [1.82, 2.24) is 0 Å². The van der Waals surface area contributed by atoms with E-state index >= 15 is 0 Å². The van der Waals surface area contributed by atoms with E-state index in [1.54, 1.807) is 0 Å². The highest BCUT2D eigenvalue weighted by Crippen LogP contribution is 2.25. The Hall–Kier alpha value is -2.58. The number of benzene rings is 3. The summed E-state index contributed by atoms with van der Waals surface area (Å²) < 4.78 is 11.6. The maximum atomic E-state index is 5.85. The summed E-state index contributed by atoms with van der Waals surface area (Å²) in [5.41, 5.74) is 4.77. The molecule has 1 unspecified atom stereocenters. The highest BCUT2D eigenvalue weighted by atomic mass is 16.5. The maximum Gasteiger partial charge on any atom is 0.119 e. The predicted octanol–water partition coefficient (Wildman–Crippen LogP) is 6.42. The topological polar surface area (TPSA) is 18.5 Å². The molecule has 0 N–H and O–H groups in total. The molecule has 1 atom stereocenters. The van der Waals surface area contributed by atoms with Crippen LogP contribution in [0.1, 0.15) is 37.5 Å². The van der Waals surface area contributed by atoms with Crippen molar-refractivity contribution >= 4 is 0 Å². The molecule has 0 amide bonds. The van der Waals surface area contributed by atoms with Gasteiger partial charge in [0.05, 0.1) is 6.10 Å². The summed E-state index contributed by atoms with van der Waals surface area (Å²) in [6.07, 6.45) is 1.18. The highest BCUT2D eigenvalue weighted by Gasteiger charge is 2.06. The predicted molar refractivity (Wildman–Crippen MR) is 107 cm³/mol. The summed E-state index contributed by atoms with van der Waals surface area (Å²) in [5.74, 6) is 0.885. The van der Waals surface area contributed by atoms with Gasteiger partial charge in [-0.2, -0.15) is 0 Å². The molecule has 0 radical (unpaired) electrons. The minimum Gasteiger partial charge on any atom is -0.489 e. The third kappa shape index (κ3) is 4.96. The van der Waals surface area contributed by atoms with Gasteiger partial charge in [0.1, 0.15) is 12.4 Å². The van der Waals surface area contributed by atoms with Crippen LogP contribution in [-0.4, -0.2) is 6.61 Å². The second kappa shape index (κ2) is 9.21. The fraction of sp³-hybridized carbons (Fsp3) is 0.250. The lowest BCUT2D eigenvalue weighted by Crippen LogP contribution is -2.00. The number of rotatable bonds is 8. The highest BCUT2D eigenvalue weighted by molar-refractivity contribution is 5.64. The van der Waals surface area contributed by atoms with Crippen molar-refractivity contribution in [2.45, 2.75) is 33.0 Å². The molecule has 0 spiro atoms. The lowest BCUT2D eigenvalue weighted by molar-refractivity contribution is 0.0663. The summed E-state index contributed by atoms with van der Waals surface area (Å²) in [6, 6.07) is 27.1. The van der Waals surface area contributed by atoms with E-state index in [1.165, 1.54) is 22.3 Å². The molecule has 0 heterocycles. The molecule has 3 aromatic rings. The van der Waals surface area contributed by atoms with E-state index in [0.717, 1.165) is 18.8 Å². The Bertz CT molecular complexity index is 777. The smallest absolute Gasteiger partial charge is 0.119 e. The van der Waals surface area contributed by atoms with Gasteiger partial charge >= 0.3 is 0 Å². The fourth-order valence-corrected chi connectivity index (χ4v) is 2.82. The number of hydrogen-bond donors (Lipinski definition) is 0. The first-order chi connectivity index (χ1) is 12.8. The molecule has 0 fully saturated rings. The van der Waals surface area contributed by atoms with Crippen LogP contribution in [0.5, 0.6) is 5.75 Å². The van der Waals surface area contributed by atoms with Crippen LogP contribution < -0.4 is 4.74 Å². The minimum absolute atomic E-state index is 0.137. The Labute approximate surface area is 156 Å². The van der Waals surface area contributed by atoms with Gasteiger partial charge in [-0.3, -0.25) is 0 Å². The molecule has 134 valence electrons. The molecule has 0 aromatic heterocycles. The lowest BCUT2D eigenvalue weighted by atomic mass is 10.0. The molecule has 2 heteroatoms. The minimum atomic E-state index is 0.137. The van der Waals surface area contributed by atoms with Crippen molar-refractivity contribution < 1.29 is 9.47 Å². The third-order valence-electron chi connectivity index (χ3n) is 4.39. The van der Waals surface area contributed by atoms with Gasteiger partial charge in [0.25, 0.3) is 0 Å². The Balaban J connectivity index is 1.61. The zero-order valence-corrected chi connectivity index (χ0v) is 15.5. The van der Waals surface area contributed by atoms with Crippen LogP contribution in [0.25, 0.3) is 11.1 Å². The van der Waals surface area contributed by atoms with E-state index in [-0.39, 0.29) is 6.10 Å². The van der Waals surface area contributed by atoms with Crippen LogP contribution in [0.2, 0.25) is 0 Å². The van der Waals surface area contributed by atoms with Gasteiger partial charge in [-0.25, -0.2) is 0 Å². The van der Waals surface area contributed by atoms with Crippen molar-refractivity contribution in [3.05, 3.63) is 90.0 Å². The van der Waals surface area contributed by atoms with Gasteiger partial charge in [-0.1, -0.05) is 73.7 Å². The fourth-order valence-electron chi connectivity index (χ4n) is 2.82. The molecule has 0 aliphatic heterocycles. The average molecular weight is 346 g/mol. The second-order valence-corrected chi connectivity index (χ2v) is 6.43. The maximum absolute atomic E-state index is 5.85. The monoisotopic (exact) mass is 346 g/mol. The number of ether oxygens (including phenoxy) is 2. The molecule has 0 aliphatic rings. The molecule has 0 saturated heterocycles. The van der Waals surface area contributed by atoms with Gasteiger partial charge < -0.3 is 9.47 Å². The lowest BCUT2D eigenvalue weighted by Gasteiger charge is -2.13. The van der Waals surface area contributed by atoms with E-state index in [9.17, 15) is 0 Å². The number of hydrogen-bond acceptors (Lipinski definition) is 2. The van der Waals surface area contributed by atoms with Crippen LogP contribution in [0, 0.1) is 0 Å². The zero-order valence-electron chi connectivity index (χ0n) is 15.5. The Kier molecular flexibility index (Phi) is 6.45. The van der Waals surface area contributed by atoms with E-state index in [4.69, 9.17) is 9.47 Å². The van der Waals surface area contributed by atoms with Gasteiger partial charge in [0.15, 0.2) is 0 Å². The van der Waals surface area contributed by atoms with Gasteiger partial charge in [-0.05, 0) is 47.7 Å². The van der Waals surface area contributed by atoms with Gasteiger partial charge in [-0.15, -0.1) is 0 Å². The third-order valence-corrected chi connectivity index (χ3v) is 4.39. The van der Waals surface area contributed by atoms with Gasteiger partial charge in [0, 0.05) is 6.61 Å². The van der Waals surface area contributed by atoms with Crippen LogP contribution in [-0.2, 0) is 11.3 Å². The van der Waals surface area contributed by atoms with E-state index in [2.05, 4.69) is 62.4 Å². The van der Waals surface area contributed by atoms with Crippen molar-refractivity contribution in [1.29, 1.82) is 0 Å².